The average molecular weight is 320 g/mol. The van der Waals surface area contributed by atoms with Crippen LogP contribution in [-0.2, 0) is 17.6 Å². The first-order valence-electron chi connectivity index (χ1n) is 8.83. The van der Waals surface area contributed by atoms with Crippen LogP contribution >= 0.6 is 0 Å². The summed E-state index contributed by atoms with van der Waals surface area (Å²) in [5, 5.41) is 11.5. The summed E-state index contributed by atoms with van der Waals surface area (Å²) in [5.41, 5.74) is 2.48. The number of nitrogens with one attached hydrogen (secondary N) is 1. The van der Waals surface area contributed by atoms with Crippen molar-refractivity contribution in [2.75, 3.05) is 6.61 Å². The molecule has 2 aliphatic carbocycles. The van der Waals surface area contributed by atoms with E-state index >= 15 is 0 Å². The molecule has 1 amide bonds. The fraction of sp³-hybridized carbons (Fsp3) is 0.824. The molecular weight excluding hydrogens is 292 g/mol. The van der Waals surface area contributed by atoms with Crippen molar-refractivity contribution < 1.29 is 9.53 Å². The van der Waals surface area contributed by atoms with Gasteiger partial charge in [-0.25, -0.2) is 9.48 Å². The van der Waals surface area contributed by atoms with Crippen molar-refractivity contribution in [3.63, 3.8) is 0 Å². The number of aryl methyl sites for hydroxylation is 1. The van der Waals surface area contributed by atoms with Crippen LogP contribution in [0.4, 0.5) is 4.79 Å². The van der Waals surface area contributed by atoms with Crippen LogP contribution in [0, 0.1) is 17.8 Å². The van der Waals surface area contributed by atoms with E-state index in [4.69, 9.17) is 4.74 Å². The molecule has 0 spiro atoms. The number of fused-ring (bicyclic) bond motifs is 2. The lowest BCUT2D eigenvalue weighted by Gasteiger charge is -2.12. The van der Waals surface area contributed by atoms with Gasteiger partial charge in [0.1, 0.15) is 0 Å². The lowest BCUT2D eigenvalue weighted by Crippen LogP contribution is -2.31. The van der Waals surface area contributed by atoms with Gasteiger partial charge in [-0.2, -0.15) is 0 Å². The van der Waals surface area contributed by atoms with Crippen molar-refractivity contribution in [2.45, 2.75) is 65.5 Å². The van der Waals surface area contributed by atoms with E-state index in [9.17, 15) is 4.79 Å². The number of hydrogen-bond donors (Lipinski definition) is 1. The summed E-state index contributed by atoms with van der Waals surface area (Å²) in [4.78, 5) is 11.6. The van der Waals surface area contributed by atoms with E-state index in [0.29, 0.717) is 30.4 Å². The maximum atomic E-state index is 11.6. The van der Waals surface area contributed by atoms with Crippen molar-refractivity contribution >= 4 is 6.09 Å². The normalized spacial score (nSPS) is 26.3. The zero-order chi connectivity index (χ0) is 16.6. The third kappa shape index (κ3) is 3.51. The van der Waals surface area contributed by atoms with Crippen LogP contribution in [0.15, 0.2) is 0 Å². The summed E-state index contributed by atoms with van der Waals surface area (Å²) < 4.78 is 7.46. The van der Waals surface area contributed by atoms with Crippen molar-refractivity contribution in [2.24, 2.45) is 17.8 Å². The van der Waals surface area contributed by atoms with Crippen molar-refractivity contribution in [1.82, 2.24) is 20.3 Å². The minimum atomic E-state index is -0.292. The fourth-order valence-electron chi connectivity index (χ4n) is 3.90. The van der Waals surface area contributed by atoms with Crippen LogP contribution in [0.25, 0.3) is 0 Å². The molecule has 0 saturated heterocycles. The number of nitrogens with zero attached hydrogens (tertiary/aromatic N) is 3. The van der Waals surface area contributed by atoms with Gasteiger partial charge in [-0.3, -0.25) is 0 Å². The SMILES string of the molecule is CC(C)NC(=O)OC[C@@H]1[C@@H]2CCc3c(nnn3C(C)C)CC[C@@H]21. The van der Waals surface area contributed by atoms with Gasteiger partial charge in [0.2, 0.25) is 0 Å². The van der Waals surface area contributed by atoms with Crippen LogP contribution in [0.5, 0.6) is 0 Å². The predicted molar refractivity (Wildman–Crippen MR) is 87.1 cm³/mol. The minimum absolute atomic E-state index is 0.120. The molecule has 0 radical (unpaired) electrons. The second kappa shape index (κ2) is 6.49. The van der Waals surface area contributed by atoms with Gasteiger partial charge in [0.25, 0.3) is 0 Å². The molecule has 2 aliphatic rings. The summed E-state index contributed by atoms with van der Waals surface area (Å²) in [7, 11) is 0. The van der Waals surface area contributed by atoms with E-state index in [2.05, 4.69) is 34.2 Å². The zero-order valence-corrected chi connectivity index (χ0v) is 14.6. The average Bonchev–Trinajstić information content (AvgIpc) is 2.93. The monoisotopic (exact) mass is 320 g/mol. The fourth-order valence-corrected chi connectivity index (χ4v) is 3.90. The quantitative estimate of drug-likeness (QED) is 0.926. The van der Waals surface area contributed by atoms with E-state index in [-0.39, 0.29) is 12.1 Å². The smallest absolute Gasteiger partial charge is 0.407 e. The van der Waals surface area contributed by atoms with Crippen LogP contribution < -0.4 is 5.32 Å². The first-order chi connectivity index (χ1) is 11.0. The Morgan fingerprint density at radius 2 is 1.96 bits per heavy atom. The zero-order valence-electron chi connectivity index (χ0n) is 14.6. The first-order valence-corrected chi connectivity index (χ1v) is 8.83. The molecule has 0 aliphatic heterocycles. The molecule has 128 valence electrons. The first kappa shape index (κ1) is 16.3. The molecule has 6 heteroatoms. The predicted octanol–water partition coefficient (Wildman–Crippen LogP) is 2.73. The van der Waals surface area contributed by atoms with E-state index in [1.54, 1.807) is 0 Å². The number of alkyl carbamates (subject to hydrolysis) is 1. The van der Waals surface area contributed by atoms with Crippen molar-refractivity contribution in [3.8, 4) is 0 Å². The highest BCUT2D eigenvalue weighted by molar-refractivity contribution is 5.67. The number of hydrogen-bond acceptors (Lipinski definition) is 4. The van der Waals surface area contributed by atoms with Gasteiger partial charge in [-0.1, -0.05) is 5.21 Å². The third-order valence-corrected chi connectivity index (χ3v) is 5.11. The van der Waals surface area contributed by atoms with Gasteiger partial charge in [0, 0.05) is 12.1 Å². The maximum absolute atomic E-state index is 11.6. The third-order valence-electron chi connectivity index (χ3n) is 5.11. The van der Waals surface area contributed by atoms with E-state index in [1.165, 1.54) is 11.4 Å². The molecule has 6 nitrogen and oxygen atoms in total. The number of ether oxygens (including phenoxy) is 1. The van der Waals surface area contributed by atoms with Crippen LogP contribution in [0.2, 0.25) is 0 Å². The summed E-state index contributed by atoms with van der Waals surface area (Å²) in [6, 6.07) is 0.481. The largest absolute Gasteiger partial charge is 0.449 e. The topological polar surface area (TPSA) is 69.0 Å². The Kier molecular flexibility index (Phi) is 4.60. The summed E-state index contributed by atoms with van der Waals surface area (Å²) in [6.45, 7) is 8.73. The summed E-state index contributed by atoms with van der Waals surface area (Å²) >= 11 is 0. The standard InChI is InChI=1S/C17H28N4O2/c1-10(2)18-17(22)23-9-14-12-5-7-15-16(8-6-13(12)14)21(11(3)4)20-19-15/h10-14H,5-9H2,1-4H3,(H,18,22)/t12-,13+,14-/m0/s1. The Morgan fingerprint density at radius 3 is 2.61 bits per heavy atom. The molecule has 0 unspecified atom stereocenters. The van der Waals surface area contributed by atoms with Gasteiger partial charge in [-0.05, 0) is 71.1 Å². The number of carbonyl (C=O) groups is 1. The molecular formula is C17H28N4O2. The molecule has 1 fully saturated rings. The number of carbonyl (C=O) groups excluding carboxylic acids is 1. The molecule has 1 aromatic rings. The van der Waals surface area contributed by atoms with Crippen LogP contribution in [0.1, 0.15) is 58.0 Å². The molecule has 1 saturated carbocycles. The molecule has 23 heavy (non-hydrogen) atoms. The number of amides is 1. The summed E-state index contributed by atoms with van der Waals surface area (Å²) in [5.74, 6) is 1.89. The highest BCUT2D eigenvalue weighted by Gasteiger charge is 2.50. The molecule has 1 aromatic heterocycles. The molecule has 3 rings (SSSR count). The molecule has 1 heterocycles. The Morgan fingerprint density at radius 1 is 1.26 bits per heavy atom. The Hall–Kier alpha value is -1.59. The van der Waals surface area contributed by atoms with Crippen LogP contribution in [0.3, 0.4) is 0 Å². The number of rotatable bonds is 4. The molecule has 0 aromatic carbocycles. The van der Waals surface area contributed by atoms with Gasteiger partial charge in [0.05, 0.1) is 18.0 Å². The highest BCUT2D eigenvalue weighted by Crippen LogP contribution is 2.52. The summed E-state index contributed by atoms with van der Waals surface area (Å²) in [6.07, 6.45) is 4.03. The molecule has 3 atom stereocenters. The minimum Gasteiger partial charge on any atom is -0.449 e. The maximum Gasteiger partial charge on any atom is 0.407 e. The van der Waals surface area contributed by atoms with E-state index < -0.39 is 0 Å². The Balaban J connectivity index is 1.55. The van der Waals surface area contributed by atoms with Crippen molar-refractivity contribution in [1.29, 1.82) is 0 Å². The lowest BCUT2D eigenvalue weighted by atomic mass is 10.0. The highest BCUT2D eigenvalue weighted by atomic mass is 16.5. The molecule has 1 N–H and O–H groups in total. The van der Waals surface area contributed by atoms with Gasteiger partial charge in [-0.15, -0.1) is 5.10 Å². The van der Waals surface area contributed by atoms with E-state index in [0.717, 1.165) is 25.7 Å². The Bertz CT molecular complexity index is 567. The van der Waals surface area contributed by atoms with Gasteiger partial charge in [0.15, 0.2) is 0 Å². The van der Waals surface area contributed by atoms with E-state index in [1.807, 2.05) is 13.8 Å². The Labute approximate surface area is 138 Å². The van der Waals surface area contributed by atoms with Gasteiger partial charge >= 0.3 is 6.09 Å². The molecule has 0 bridgehead atoms. The lowest BCUT2D eigenvalue weighted by molar-refractivity contribution is 0.135. The van der Waals surface area contributed by atoms with Crippen molar-refractivity contribution in [3.05, 3.63) is 11.4 Å². The van der Waals surface area contributed by atoms with Crippen LogP contribution in [-0.4, -0.2) is 33.7 Å². The second-order valence-corrected chi connectivity index (χ2v) is 7.49. The van der Waals surface area contributed by atoms with Gasteiger partial charge < -0.3 is 10.1 Å². The number of aromatic nitrogens is 3. The second-order valence-electron chi connectivity index (χ2n) is 7.49.